The number of hydrogen-bond acceptors (Lipinski definition) is 2. The molecule has 1 aromatic carbocycles. The van der Waals surface area contributed by atoms with Crippen molar-refractivity contribution in [3.05, 3.63) is 29.0 Å². The molecule has 0 amide bonds. The minimum atomic E-state index is -0.793. The Hall–Kier alpha value is -1.29. The van der Waals surface area contributed by atoms with E-state index < -0.39 is 11.8 Å². The number of hydrogen-bond donors (Lipinski definition) is 1. The monoisotopic (exact) mass is 244 g/mol. The highest BCUT2D eigenvalue weighted by Gasteiger charge is 2.43. The molecule has 1 aliphatic carbocycles. The van der Waals surface area contributed by atoms with Crippen LogP contribution in [-0.4, -0.2) is 17.7 Å². The van der Waals surface area contributed by atoms with E-state index in [1.165, 1.54) is 18.2 Å². The van der Waals surface area contributed by atoms with Crippen LogP contribution < -0.4 is 4.74 Å². The van der Waals surface area contributed by atoms with Gasteiger partial charge in [0.05, 0.1) is 17.5 Å². The van der Waals surface area contributed by atoms with Crippen LogP contribution in [0.3, 0.4) is 0 Å². The molecule has 86 valence electrons. The molecule has 2 atom stereocenters. The second-order valence-corrected chi connectivity index (χ2v) is 4.23. The molecule has 0 aliphatic heterocycles. The average Bonchev–Trinajstić information content (AvgIpc) is 2.96. The molecule has 3 nitrogen and oxygen atoms in total. The number of carboxylic acid groups (broad SMARTS) is 1. The molecule has 1 saturated carbocycles. The van der Waals surface area contributed by atoms with Crippen LogP contribution in [0.1, 0.15) is 6.42 Å². The molecule has 1 fully saturated rings. The summed E-state index contributed by atoms with van der Waals surface area (Å²) in [7, 11) is 0. The molecule has 1 N–H and O–H groups in total. The van der Waals surface area contributed by atoms with E-state index in [1.807, 2.05) is 0 Å². The lowest BCUT2D eigenvalue weighted by Gasteiger charge is -2.06. The summed E-state index contributed by atoms with van der Waals surface area (Å²) in [4.78, 5) is 10.6. The van der Waals surface area contributed by atoms with Crippen LogP contribution in [0, 0.1) is 17.7 Å². The smallest absolute Gasteiger partial charge is 0.306 e. The molecule has 0 heterocycles. The summed E-state index contributed by atoms with van der Waals surface area (Å²) >= 11 is 5.75. The lowest BCUT2D eigenvalue weighted by atomic mass is 10.3. The zero-order valence-electron chi connectivity index (χ0n) is 8.32. The molecule has 1 aromatic rings. The molecule has 1 aliphatic rings. The second-order valence-electron chi connectivity index (χ2n) is 3.83. The molecule has 0 spiro atoms. The number of ether oxygens (including phenoxy) is 1. The maximum absolute atomic E-state index is 12.7. The third-order valence-electron chi connectivity index (χ3n) is 2.59. The van der Waals surface area contributed by atoms with Crippen molar-refractivity contribution in [3.8, 4) is 5.75 Å². The summed E-state index contributed by atoms with van der Waals surface area (Å²) in [5, 5.41) is 8.88. The van der Waals surface area contributed by atoms with Crippen LogP contribution in [0.4, 0.5) is 4.39 Å². The van der Waals surface area contributed by atoms with E-state index in [1.54, 1.807) is 0 Å². The highest BCUT2D eigenvalue weighted by Crippen LogP contribution is 2.39. The lowest BCUT2D eigenvalue weighted by molar-refractivity contribution is -0.138. The summed E-state index contributed by atoms with van der Waals surface area (Å²) in [6.07, 6.45) is 0.633. The Morgan fingerprint density at radius 2 is 2.38 bits per heavy atom. The van der Waals surface area contributed by atoms with Gasteiger partial charge < -0.3 is 9.84 Å². The van der Waals surface area contributed by atoms with Gasteiger partial charge in [0.1, 0.15) is 11.6 Å². The van der Waals surface area contributed by atoms with Gasteiger partial charge >= 0.3 is 5.97 Å². The largest absolute Gasteiger partial charge is 0.492 e. The SMILES string of the molecule is O=C(O)[C@@H]1C[C@H]1COc1ccc(F)cc1Cl. The number of aliphatic carboxylic acids is 1. The van der Waals surface area contributed by atoms with Gasteiger partial charge in [-0.1, -0.05) is 11.6 Å². The van der Waals surface area contributed by atoms with Gasteiger partial charge in [0.2, 0.25) is 0 Å². The summed E-state index contributed by atoms with van der Waals surface area (Å²) in [5.74, 6) is -1.09. The third-order valence-corrected chi connectivity index (χ3v) is 2.88. The maximum Gasteiger partial charge on any atom is 0.306 e. The maximum atomic E-state index is 12.7. The molecule has 0 bridgehead atoms. The van der Waals surface area contributed by atoms with E-state index in [4.69, 9.17) is 21.4 Å². The van der Waals surface area contributed by atoms with Gasteiger partial charge in [-0.3, -0.25) is 4.79 Å². The number of carboxylic acids is 1. The van der Waals surface area contributed by atoms with E-state index in [0.717, 1.165) is 0 Å². The number of carbonyl (C=O) groups is 1. The van der Waals surface area contributed by atoms with Crippen molar-refractivity contribution < 1.29 is 19.0 Å². The van der Waals surface area contributed by atoms with Crippen molar-refractivity contribution >= 4 is 17.6 Å². The van der Waals surface area contributed by atoms with Gasteiger partial charge in [-0.05, 0) is 24.6 Å². The van der Waals surface area contributed by atoms with Gasteiger partial charge in [0, 0.05) is 5.92 Å². The average molecular weight is 245 g/mol. The number of rotatable bonds is 4. The highest BCUT2D eigenvalue weighted by atomic mass is 35.5. The van der Waals surface area contributed by atoms with Gasteiger partial charge in [-0.15, -0.1) is 0 Å². The minimum Gasteiger partial charge on any atom is -0.492 e. The normalized spacial score (nSPS) is 22.9. The van der Waals surface area contributed by atoms with E-state index in [0.29, 0.717) is 18.8 Å². The van der Waals surface area contributed by atoms with E-state index >= 15 is 0 Å². The minimum absolute atomic E-state index is 0.0404. The number of halogens is 2. The summed E-state index contributed by atoms with van der Waals surface area (Å²) in [5.41, 5.74) is 0. The molecule has 0 unspecified atom stereocenters. The summed E-state index contributed by atoms with van der Waals surface area (Å²) in [6.45, 7) is 0.308. The molecule has 0 radical (unpaired) electrons. The molecular formula is C11H10ClFO3. The third kappa shape index (κ3) is 2.44. The highest BCUT2D eigenvalue weighted by molar-refractivity contribution is 6.32. The Kier molecular flexibility index (Phi) is 3.01. The van der Waals surface area contributed by atoms with Gasteiger partial charge in [-0.2, -0.15) is 0 Å². The first-order chi connectivity index (χ1) is 7.58. The Balaban J connectivity index is 1.89. The van der Waals surface area contributed by atoms with Crippen molar-refractivity contribution in [1.29, 1.82) is 0 Å². The first kappa shape index (κ1) is 11.2. The Labute approximate surface area is 96.8 Å². The van der Waals surface area contributed by atoms with Crippen LogP contribution in [-0.2, 0) is 4.79 Å². The van der Waals surface area contributed by atoms with E-state index in [9.17, 15) is 9.18 Å². The van der Waals surface area contributed by atoms with Crippen molar-refractivity contribution in [2.24, 2.45) is 11.8 Å². The second kappa shape index (κ2) is 4.29. The topological polar surface area (TPSA) is 46.5 Å². The molecule has 5 heteroatoms. The fourth-order valence-corrected chi connectivity index (χ4v) is 1.75. The Morgan fingerprint density at radius 3 is 2.94 bits per heavy atom. The van der Waals surface area contributed by atoms with Crippen molar-refractivity contribution in [2.45, 2.75) is 6.42 Å². The Bertz CT molecular complexity index is 422. The standard InChI is InChI=1S/C11H10ClFO3/c12-9-4-7(13)1-2-10(9)16-5-6-3-8(6)11(14)15/h1-2,4,6,8H,3,5H2,(H,14,15)/t6-,8+/m0/s1. The predicted octanol–water partition coefficient (Wildman–Crippen LogP) is 2.58. The quantitative estimate of drug-likeness (QED) is 0.886. The van der Waals surface area contributed by atoms with Crippen LogP contribution in [0.2, 0.25) is 5.02 Å². The first-order valence-corrected chi connectivity index (χ1v) is 5.26. The van der Waals surface area contributed by atoms with Gasteiger partial charge in [-0.25, -0.2) is 4.39 Å². The van der Waals surface area contributed by atoms with E-state index in [2.05, 4.69) is 0 Å². The predicted molar refractivity (Wildman–Crippen MR) is 56.1 cm³/mol. The molecular weight excluding hydrogens is 235 g/mol. The fourth-order valence-electron chi connectivity index (χ4n) is 1.52. The lowest BCUT2D eigenvalue weighted by Crippen LogP contribution is -2.06. The molecule has 0 aromatic heterocycles. The van der Waals surface area contributed by atoms with Crippen LogP contribution in [0.25, 0.3) is 0 Å². The zero-order chi connectivity index (χ0) is 11.7. The first-order valence-electron chi connectivity index (χ1n) is 4.88. The van der Waals surface area contributed by atoms with Crippen molar-refractivity contribution in [3.63, 3.8) is 0 Å². The molecule has 0 saturated heterocycles. The van der Waals surface area contributed by atoms with Gasteiger partial charge in [0.15, 0.2) is 0 Å². The molecule has 2 rings (SSSR count). The van der Waals surface area contributed by atoms with Crippen LogP contribution >= 0.6 is 11.6 Å². The van der Waals surface area contributed by atoms with Crippen molar-refractivity contribution in [2.75, 3.05) is 6.61 Å². The zero-order valence-corrected chi connectivity index (χ0v) is 9.08. The van der Waals surface area contributed by atoms with Crippen molar-refractivity contribution in [1.82, 2.24) is 0 Å². The van der Waals surface area contributed by atoms with Gasteiger partial charge in [0.25, 0.3) is 0 Å². The fraction of sp³-hybridized carbons (Fsp3) is 0.364. The van der Waals surface area contributed by atoms with Crippen LogP contribution in [0.5, 0.6) is 5.75 Å². The Morgan fingerprint density at radius 1 is 1.62 bits per heavy atom. The summed E-state index contributed by atoms with van der Waals surface area (Å²) < 4.78 is 18.0. The molecule has 16 heavy (non-hydrogen) atoms. The van der Waals surface area contributed by atoms with Crippen LogP contribution in [0.15, 0.2) is 18.2 Å². The van der Waals surface area contributed by atoms with E-state index in [-0.39, 0.29) is 16.9 Å². The summed E-state index contributed by atoms with van der Waals surface area (Å²) in [6, 6.07) is 3.86. The number of benzene rings is 1.